The molecule has 2 aliphatic rings. The summed E-state index contributed by atoms with van der Waals surface area (Å²) in [5.41, 5.74) is 0.859. The van der Waals surface area contributed by atoms with Gasteiger partial charge in [0.15, 0.2) is 0 Å². The van der Waals surface area contributed by atoms with Crippen molar-refractivity contribution in [1.82, 2.24) is 9.97 Å². The van der Waals surface area contributed by atoms with Gasteiger partial charge in [0, 0.05) is 23.5 Å². The molecule has 1 aromatic heterocycles. The summed E-state index contributed by atoms with van der Waals surface area (Å²) in [5.74, 6) is -0.763. The summed E-state index contributed by atoms with van der Waals surface area (Å²) < 4.78 is 5.70. The van der Waals surface area contributed by atoms with E-state index in [9.17, 15) is 14.7 Å². The molecule has 1 amide bonds. The summed E-state index contributed by atoms with van der Waals surface area (Å²) in [4.78, 5) is 33.4. The fourth-order valence-corrected chi connectivity index (χ4v) is 4.40. The number of carbonyl (C=O) groups is 2. The lowest BCUT2D eigenvalue weighted by Crippen LogP contribution is -2.49. The molecular formula is C24H21N3O4. The highest BCUT2D eigenvalue weighted by Crippen LogP contribution is 2.49. The lowest BCUT2D eigenvalue weighted by atomic mass is 9.72. The van der Waals surface area contributed by atoms with E-state index in [1.54, 1.807) is 24.5 Å². The third kappa shape index (κ3) is 3.37. The Kier molecular flexibility index (Phi) is 4.55. The van der Waals surface area contributed by atoms with Crippen LogP contribution in [0.1, 0.15) is 41.6 Å². The number of rotatable bonds is 3. The van der Waals surface area contributed by atoms with Gasteiger partial charge in [-0.05, 0) is 37.3 Å². The van der Waals surface area contributed by atoms with Crippen molar-refractivity contribution in [3.05, 3.63) is 78.1 Å². The Morgan fingerprint density at radius 2 is 1.55 bits per heavy atom. The molecule has 1 aliphatic heterocycles. The Labute approximate surface area is 179 Å². The Balaban J connectivity index is 1.28. The SMILES string of the molecule is O=C1OC2(CCC(O)(C(=O)Nc3ncc(-c4ccccc4)cn3)CC2)c2ccccc21. The van der Waals surface area contributed by atoms with Crippen LogP contribution in [0.15, 0.2) is 67.0 Å². The Morgan fingerprint density at radius 3 is 2.26 bits per heavy atom. The zero-order chi connectivity index (χ0) is 21.5. The molecule has 0 saturated heterocycles. The largest absolute Gasteiger partial charge is 0.451 e. The molecule has 1 saturated carbocycles. The summed E-state index contributed by atoms with van der Waals surface area (Å²) in [5, 5.41) is 13.6. The van der Waals surface area contributed by atoms with Crippen molar-refractivity contribution < 1.29 is 19.4 Å². The van der Waals surface area contributed by atoms with E-state index < -0.39 is 17.1 Å². The number of aliphatic hydroxyl groups is 1. The van der Waals surface area contributed by atoms with Crippen LogP contribution >= 0.6 is 0 Å². The molecule has 2 aromatic carbocycles. The van der Waals surface area contributed by atoms with E-state index in [4.69, 9.17) is 4.74 Å². The molecule has 0 atom stereocenters. The first kappa shape index (κ1) is 19.4. The number of esters is 1. The Bertz CT molecular complexity index is 1140. The number of anilines is 1. The molecule has 7 nitrogen and oxygen atoms in total. The van der Waals surface area contributed by atoms with Crippen LogP contribution in [0.4, 0.5) is 5.95 Å². The smallest absolute Gasteiger partial charge is 0.339 e. The molecule has 0 bridgehead atoms. The number of aromatic nitrogens is 2. The summed E-state index contributed by atoms with van der Waals surface area (Å²) in [6.07, 6.45) is 4.34. The number of amides is 1. The first-order valence-corrected chi connectivity index (χ1v) is 10.2. The first-order chi connectivity index (χ1) is 15.0. The van der Waals surface area contributed by atoms with Gasteiger partial charge in [0.05, 0.1) is 5.56 Å². The zero-order valence-corrected chi connectivity index (χ0v) is 16.7. The fourth-order valence-electron chi connectivity index (χ4n) is 4.40. The average molecular weight is 415 g/mol. The Morgan fingerprint density at radius 1 is 0.903 bits per heavy atom. The molecular weight excluding hydrogens is 394 g/mol. The molecule has 1 fully saturated rings. The highest BCUT2D eigenvalue weighted by Gasteiger charge is 2.52. The first-order valence-electron chi connectivity index (χ1n) is 10.2. The average Bonchev–Trinajstić information content (AvgIpc) is 3.09. The van der Waals surface area contributed by atoms with Gasteiger partial charge in [-0.15, -0.1) is 0 Å². The summed E-state index contributed by atoms with van der Waals surface area (Å²) in [7, 11) is 0. The van der Waals surface area contributed by atoms with Crippen molar-refractivity contribution >= 4 is 17.8 Å². The minimum Gasteiger partial charge on any atom is -0.451 e. The van der Waals surface area contributed by atoms with E-state index in [-0.39, 0.29) is 24.8 Å². The van der Waals surface area contributed by atoms with Crippen LogP contribution in [0.2, 0.25) is 0 Å². The molecule has 2 N–H and O–H groups in total. The number of nitrogens with zero attached hydrogens (tertiary/aromatic N) is 2. The van der Waals surface area contributed by atoms with Crippen molar-refractivity contribution in [2.45, 2.75) is 36.9 Å². The van der Waals surface area contributed by atoms with Gasteiger partial charge in [-0.25, -0.2) is 14.8 Å². The second-order valence-electron chi connectivity index (χ2n) is 8.08. The second kappa shape index (κ2) is 7.28. The van der Waals surface area contributed by atoms with Gasteiger partial charge in [-0.2, -0.15) is 0 Å². The molecule has 0 unspecified atom stereocenters. The maximum Gasteiger partial charge on any atom is 0.339 e. The number of hydrogen-bond donors (Lipinski definition) is 2. The zero-order valence-electron chi connectivity index (χ0n) is 16.7. The molecule has 1 aliphatic carbocycles. The van der Waals surface area contributed by atoms with Crippen LogP contribution < -0.4 is 5.32 Å². The maximum atomic E-state index is 12.8. The van der Waals surface area contributed by atoms with Crippen molar-refractivity contribution in [3.63, 3.8) is 0 Å². The second-order valence-corrected chi connectivity index (χ2v) is 8.08. The summed E-state index contributed by atoms with van der Waals surface area (Å²) >= 11 is 0. The third-order valence-electron chi connectivity index (χ3n) is 6.22. The van der Waals surface area contributed by atoms with E-state index in [1.807, 2.05) is 42.5 Å². The molecule has 7 heteroatoms. The molecule has 156 valence electrons. The third-order valence-corrected chi connectivity index (χ3v) is 6.22. The van der Waals surface area contributed by atoms with Gasteiger partial charge in [0.2, 0.25) is 5.95 Å². The van der Waals surface area contributed by atoms with Crippen molar-refractivity contribution in [1.29, 1.82) is 0 Å². The minimum atomic E-state index is -1.57. The highest BCUT2D eigenvalue weighted by atomic mass is 16.6. The van der Waals surface area contributed by atoms with Gasteiger partial charge in [0.25, 0.3) is 5.91 Å². The predicted octanol–water partition coefficient (Wildman–Crippen LogP) is 3.45. The van der Waals surface area contributed by atoms with Crippen LogP contribution in [0.5, 0.6) is 0 Å². The van der Waals surface area contributed by atoms with E-state index in [1.165, 1.54) is 0 Å². The van der Waals surface area contributed by atoms with Crippen molar-refractivity contribution in [3.8, 4) is 11.1 Å². The number of nitrogens with one attached hydrogen (secondary N) is 1. The van der Waals surface area contributed by atoms with E-state index >= 15 is 0 Å². The van der Waals surface area contributed by atoms with Gasteiger partial charge < -0.3 is 9.84 Å². The van der Waals surface area contributed by atoms with Crippen LogP contribution in [0.3, 0.4) is 0 Å². The van der Waals surface area contributed by atoms with Gasteiger partial charge in [-0.1, -0.05) is 48.5 Å². The molecule has 2 heterocycles. The molecule has 3 aromatic rings. The standard InChI is InChI=1S/C24H21N3O4/c28-20-18-8-4-5-9-19(18)24(31-20)12-10-23(30,11-13-24)21(29)27-22-25-14-17(15-26-22)16-6-2-1-3-7-16/h1-9,14-15,30H,10-13H2,(H,25,26,27,29). The maximum absolute atomic E-state index is 12.8. The minimum absolute atomic E-state index is 0.135. The monoisotopic (exact) mass is 415 g/mol. The van der Waals surface area contributed by atoms with Crippen LogP contribution in [-0.2, 0) is 15.1 Å². The normalized spacial score (nSPS) is 24.5. The summed E-state index contributed by atoms with van der Waals surface area (Å²) in [6, 6.07) is 17.0. The molecule has 31 heavy (non-hydrogen) atoms. The molecule has 5 rings (SSSR count). The fraction of sp³-hybridized carbons (Fsp3) is 0.250. The quantitative estimate of drug-likeness (QED) is 0.636. The van der Waals surface area contributed by atoms with Gasteiger partial charge in [-0.3, -0.25) is 10.1 Å². The highest BCUT2D eigenvalue weighted by molar-refractivity contribution is 5.97. The predicted molar refractivity (Wildman–Crippen MR) is 113 cm³/mol. The molecule has 1 spiro atoms. The Hall–Kier alpha value is -3.58. The number of ether oxygens (including phenoxy) is 1. The number of hydrogen-bond acceptors (Lipinski definition) is 6. The van der Waals surface area contributed by atoms with Crippen molar-refractivity contribution in [2.75, 3.05) is 5.32 Å². The summed E-state index contributed by atoms with van der Waals surface area (Å²) in [6.45, 7) is 0. The number of carbonyl (C=O) groups excluding carboxylic acids is 2. The van der Waals surface area contributed by atoms with Gasteiger partial charge in [0.1, 0.15) is 11.2 Å². The van der Waals surface area contributed by atoms with E-state index in [0.29, 0.717) is 18.4 Å². The van der Waals surface area contributed by atoms with Crippen LogP contribution in [0, 0.1) is 0 Å². The topological polar surface area (TPSA) is 101 Å². The van der Waals surface area contributed by atoms with Crippen molar-refractivity contribution in [2.24, 2.45) is 0 Å². The van der Waals surface area contributed by atoms with Gasteiger partial charge >= 0.3 is 5.97 Å². The molecule has 0 radical (unpaired) electrons. The lowest BCUT2D eigenvalue weighted by Gasteiger charge is -2.40. The van der Waals surface area contributed by atoms with E-state index in [2.05, 4.69) is 15.3 Å². The number of benzene rings is 2. The number of fused-ring (bicyclic) bond motifs is 2. The van der Waals surface area contributed by atoms with E-state index in [0.717, 1.165) is 16.7 Å². The van der Waals surface area contributed by atoms with Crippen LogP contribution in [-0.4, -0.2) is 32.6 Å². The lowest BCUT2D eigenvalue weighted by molar-refractivity contribution is -0.144. The van der Waals surface area contributed by atoms with Crippen LogP contribution in [0.25, 0.3) is 11.1 Å².